The highest BCUT2D eigenvalue weighted by Gasteiger charge is 2.13. The fourth-order valence-corrected chi connectivity index (χ4v) is 3.41. The lowest BCUT2D eigenvalue weighted by atomic mass is 9.96. The molecule has 0 bridgehead atoms. The van der Waals surface area contributed by atoms with Crippen LogP contribution in [0.15, 0.2) is 53.6 Å². The second-order valence-electron chi connectivity index (χ2n) is 7.01. The van der Waals surface area contributed by atoms with Crippen molar-refractivity contribution in [1.82, 2.24) is 10.7 Å². The summed E-state index contributed by atoms with van der Waals surface area (Å²) in [7, 11) is 0. The molecule has 28 heavy (non-hydrogen) atoms. The molecule has 1 aliphatic rings. The summed E-state index contributed by atoms with van der Waals surface area (Å²) in [5, 5.41) is 8.02. The molecule has 1 fully saturated rings. The number of ether oxygens (including phenoxy) is 1. The molecule has 0 atom stereocenters. The molecule has 0 aromatic heterocycles. The number of hydrogen-bond donors (Lipinski definition) is 2. The van der Waals surface area contributed by atoms with Crippen molar-refractivity contribution in [1.29, 1.82) is 0 Å². The topological polar surface area (TPSA) is 62.7 Å². The van der Waals surface area contributed by atoms with Crippen molar-refractivity contribution < 1.29 is 9.53 Å². The van der Waals surface area contributed by atoms with Crippen molar-refractivity contribution >= 4 is 29.5 Å². The van der Waals surface area contributed by atoms with Gasteiger partial charge in [-0.05, 0) is 73.9 Å². The van der Waals surface area contributed by atoms with E-state index in [4.69, 9.17) is 17.0 Å². The minimum absolute atomic E-state index is 0.370. The van der Waals surface area contributed by atoms with E-state index in [1.165, 1.54) is 19.3 Å². The van der Waals surface area contributed by atoms with Crippen LogP contribution in [0.2, 0.25) is 0 Å². The average Bonchev–Trinajstić information content (AvgIpc) is 2.70. The molecule has 1 aliphatic carbocycles. The van der Waals surface area contributed by atoms with E-state index in [2.05, 4.69) is 15.8 Å². The third-order valence-corrected chi connectivity index (χ3v) is 4.87. The van der Waals surface area contributed by atoms with Crippen LogP contribution in [0.25, 0.3) is 0 Å². The van der Waals surface area contributed by atoms with Gasteiger partial charge in [-0.2, -0.15) is 5.10 Å². The molecule has 2 aromatic carbocycles. The zero-order chi connectivity index (χ0) is 19.8. The number of rotatable bonds is 5. The standard InChI is InChI=1S/C22H25N3O2S/c1-16-6-5-7-18(14-16)21(26)27-20-12-10-17(11-13-20)15-23-25-22(28)24-19-8-3-2-4-9-19/h5-7,10-15,19H,2-4,8-9H2,1H3,(H2,24,25,28). The van der Waals surface area contributed by atoms with E-state index >= 15 is 0 Å². The second kappa shape index (κ2) is 9.99. The van der Waals surface area contributed by atoms with Crippen LogP contribution in [0.4, 0.5) is 0 Å². The first kappa shape index (κ1) is 20.0. The molecule has 0 amide bonds. The lowest BCUT2D eigenvalue weighted by molar-refractivity contribution is 0.0734. The zero-order valence-electron chi connectivity index (χ0n) is 16.0. The van der Waals surface area contributed by atoms with E-state index in [-0.39, 0.29) is 5.97 Å². The van der Waals surface area contributed by atoms with Crippen LogP contribution in [-0.4, -0.2) is 23.3 Å². The fraction of sp³-hybridized carbons (Fsp3) is 0.318. The van der Waals surface area contributed by atoms with Crippen LogP contribution in [0.1, 0.15) is 53.6 Å². The Balaban J connectivity index is 1.47. The number of hydrogen-bond acceptors (Lipinski definition) is 4. The fourth-order valence-electron chi connectivity index (χ4n) is 3.19. The number of nitrogens with one attached hydrogen (secondary N) is 2. The molecule has 1 saturated carbocycles. The Labute approximate surface area is 171 Å². The average molecular weight is 396 g/mol. The van der Waals surface area contributed by atoms with Crippen molar-refractivity contribution in [2.24, 2.45) is 5.10 Å². The van der Waals surface area contributed by atoms with E-state index in [1.807, 2.05) is 31.2 Å². The molecular weight excluding hydrogens is 370 g/mol. The molecule has 0 heterocycles. The first-order valence-electron chi connectivity index (χ1n) is 9.58. The van der Waals surface area contributed by atoms with Crippen molar-refractivity contribution in [3.8, 4) is 5.75 Å². The molecule has 0 spiro atoms. The largest absolute Gasteiger partial charge is 0.423 e. The number of thiocarbonyl (C=S) groups is 1. The number of esters is 1. The van der Waals surface area contributed by atoms with Crippen molar-refractivity contribution in [2.45, 2.75) is 45.1 Å². The van der Waals surface area contributed by atoms with Gasteiger partial charge in [0.1, 0.15) is 5.75 Å². The van der Waals surface area contributed by atoms with E-state index in [0.29, 0.717) is 22.5 Å². The summed E-state index contributed by atoms with van der Waals surface area (Å²) in [6.45, 7) is 1.94. The second-order valence-corrected chi connectivity index (χ2v) is 7.41. The number of aryl methyl sites for hydroxylation is 1. The Hall–Kier alpha value is -2.73. The van der Waals surface area contributed by atoms with Gasteiger partial charge in [0.15, 0.2) is 5.11 Å². The Morgan fingerprint density at radius 1 is 1.14 bits per heavy atom. The minimum Gasteiger partial charge on any atom is -0.423 e. The maximum Gasteiger partial charge on any atom is 0.343 e. The predicted octanol–water partition coefficient (Wildman–Crippen LogP) is 4.34. The monoisotopic (exact) mass is 395 g/mol. The molecule has 146 valence electrons. The van der Waals surface area contributed by atoms with Crippen LogP contribution >= 0.6 is 12.2 Å². The first-order valence-corrected chi connectivity index (χ1v) is 9.99. The number of nitrogens with zero attached hydrogens (tertiary/aromatic N) is 1. The summed E-state index contributed by atoms with van der Waals surface area (Å²) in [6.07, 6.45) is 7.82. The van der Waals surface area contributed by atoms with E-state index in [0.717, 1.165) is 24.0 Å². The van der Waals surface area contributed by atoms with E-state index in [1.54, 1.807) is 30.5 Å². The summed E-state index contributed by atoms with van der Waals surface area (Å²) in [5.41, 5.74) is 5.29. The zero-order valence-corrected chi connectivity index (χ0v) is 16.8. The third-order valence-electron chi connectivity index (χ3n) is 4.66. The molecule has 0 aliphatic heterocycles. The van der Waals surface area contributed by atoms with Gasteiger partial charge in [0.2, 0.25) is 0 Å². The third kappa shape index (κ3) is 6.16. The summed E-state index contributed by atoms with van der Waals surface area (Å²) >= 11 is 5.28. The summed E-state index contributed by atoms with van der Waals surface area (Å²) in [4.78, 5) is 12.2. The number of benzene rings is 2. The quantitative estimate of drug-likeness (QED) is 0.259. The van der Waals surface area contributed by atoms with Crippen LogP contribution < -0.4 is 15.5 Å². The normalized spacial score (nSPS) is 14.6. The molecule has 5 nitrogen and oxygen atoms in total. The molecule has 2 N–H and O–H groups in total. The summed E-state index contributed by atoms with van der Waals surface area (Å²) in [5.74, 6) is 0.122. The molecule has 0 saturated heterocycles. The lowest BCUT2D eigenvalue weighted by Gasteiger charge is -2.23. The van der Waals surface area contributed by atoms with Gasteiger partial charge in [0.25, 0.3) is 0 Å². The van der Waals surface area contributed by atoms with Crippen LogP contribution in [0.5, 0.6) is 5.75 Å². The Morgan fingerprint density at radius 3 is 2.61 bits per heavy atom. The highest BCUT2D eigenvalue weighted by Crippen LogP contribution is 2.17. The number of carbonyl (C=O) groups is 1. The van der Waals surface area contributed by atoms with Gasteiger partial charge >= 0.3 is 5.97 Å². The molecule has 3 rings (SSSR count). The summed E-state index contributed by atoms with van der Waals surface area (Å²) < 4.78 is 5.41. The smallest absolute Gasteiger partial charge is 0.343 e. The predicted molar refractivity (Wildman–Crippen MR) is 116 cm³/mol. The van der Waals surface area contributed by atoms with Gasteiger partial charge < -0.3 is 10.1 Å². The Kier molecular flexibility index (Phi) is 7.14. The Morgan fingerprint density at radius 2 is 1.89 bits per heavy atom. The number of hydrazone groups is 1. The molecule has 0 radical (unpaired) electrons. The highest BCUT2D eigenvalue weighted by molar-refractivity contribution is 7.80. The number of carbonyl (C=O) groups excluding carboxylic acids is 1. The van der Waals surface area contributed by atoms with E-state index in [9.17, 15) is 4.79 Å². The van der Waals surface area contributed by atoms with Crippen molar-refractivity contribution in [3.05, 3.63) is 65.2 Å². The molecule has 0 unspecified atom stereocenters. The van der Waals surface area contributed by atoms with Crippen LogP contribution in [0.3, 0.4) is 0 Å². The van der Waals surface area contributed by atoms with Gasteiger partial charge in [-0.15, -0.1) is 0 Å². The Bertz CT molecular complexity index is 843. The van der Waals surface area contributed by atoms with Gasteiger partial charge in [-0.1, -0.05) is 37.0 Å². The van der Waals surface area contributed by atoms with Crippen molar-refractivity contribution in [3.63, 3.8) is 0 Å². The highest BCUT2D eigenvalue weighted by atomic mass is 32.1. The van der Waals surface area contributed by atoms with E-state index < -0.39 is 0 Å². The molecule has 6 heteroatoms. The first-order chi connectivity index (χ1) is 13.6. The summed E-state index contributed by atoms with van der Waals surface area (Å²) in [6, 6.07) is 14.9. The maximum absolute atomic E-state index is 12.2. The lowest BCUT2D eigenvalue weighted by Crippen LogP contribution is -2.40. The molecular formula is C22H25N3O2S. The van der Waals surface area contributed by atoms with Crippen LogP contribution in [0, 0.1) is 6.92 Å². The molecule has 2 aromatic rings. The van der Waals surface area contributed by atoms with Gasteiger partial charge in [-0.3, -0.25) is 5.43 Å². The van der Waals surface area contributed by atoms with Gasteiger partial charge in [0, 0.05) is 6.04 Å². The minimum atomic E-state index is -0.370. The maximum atomic E-state index is 12.2. The van der Waals surface area contributed by atoms with Crippen LogP contribution in [-0.2, 0) is 0 Å². The van der Waals surface area contributed by atoms with Gasteiger partial charge in [0.05, 0.1) is 11.8 Å². The van der Waals surface area contributed by atoms with Crippen molar-refractivity contribution in [2.75, 3.05) is 0 Å². The SMILES string of the molecule is Cc1cccc(C(=O)Oc2ccc(C=NNC(=S)NC3CCCCC3)cc2)c1. The van der Waals surface area contributed by atoms with Gasteiger partial charge in [-0.25, -0.2) is 4.79 Å².